The summed E-state index contributed by atoms with van der Waals surface area (Å²) in [5, 5.41) is 14.4. The lowest BCUT2D eigenvalue weighted by molar-refractivity contribution is -0.137. The molecule has 1 aromatic heterocycles. The number of amides is 2. The summed E-state index contributed by atoms with van der Waals surface area (Å²) in [7, 11) is 0. The SMILES string of the molecule is CCn1c(SCC(=O)Nc2cccc(C(F)(F)F)c2)nnc1[C@@H](NC(=O)c1ccccc1)C(C)C. The average molecular weight is 506 g/mol. The topological polar surface area (TPSA) is 88.9 Å². The van der Waals surface area contributed by atoms with E-state index in [1.54, 1.807) is 24.3 Å². The normalized spacial score (nSPS) is 12.4. The fourth-order valence-electron chi connectivity index (χ4n) is 3.38. The predicted molar refractivity (Wildman–Crippen MR) is 128 cm³/mol. The first-order chi connectivity index (χ1) is 16.6. The molecule has 3 rings (SSSR count). The summed E-state index contributed by atoms with van der Waals surface area (Å²) in [4.78, 5) is 25.1. The number of nitrogens with one attached hydrogen (secondary N) is 2. The third kappa shape index (κ3) is 6.84. The quantitative estimate of drug-likeness (QED) is 0.392. The van der Waals surface area contributed by atoms with Crippen molar-refractivity contribution in [2.24, 2.45) is 5.92 Å². The number of halogens is 3. The van der Waals surface area contributed by atoms with Crippen LogP contribution in [-0.4, -0.2) is 32.3 Å². The third-order valence-electron chi connectivity index (χ3n) is 5.14. The minimum atomic E-state index is -4.49. The van der Waals surface area contributed by atoms with E-state index in [9.17, 15) is 22.8 Å². The molecule has 0 spiro atoms. The van der Waals surface area contributed by atoms with Gasteiger partial charge in [-0.25, -0.2) is 0 Å². The predicted octanol–water partition coefficient (Wildman–Crippen LogP) is 5.17. The molecular formula is C24H26F3N5O2S. The summed E-state index contributed by atoms with van der Waals surface area (Å²) in [6.07, 6.45) is -4.49. The summed E-state index contributed by atoms with van der Waals surface area (Å²) < 4.78 is 40.5. The second-order valence-electron chi connectivity index (χ2n) is 8.06. The Morgan fingerprint density at radius 2 is 1.77 bits per heavy atom. The number of aromatic nitrogens is 3. The number of rotatable bonds is 9. The van der Waals surface area contributed by atoms with Crippen LogP contribution in [0.25, 0.3) is 0 Å². The molecule has 0 bridgehead atoms. The molecule has 186 valence electrons. The summed E-state index contributed by atoms with van der Waals surface area (Å²) in [5.41, 5.74) is -0.247. The smallest absolute Gasteiger partial charge is 0.342 e. The lowest BCUT2D eigenvalue weighted by atomic mass is 10.0. The van der Waals surface area contributed by atoms with Crippen LogP contribution < -0.4 is 10.6 Å². The highest BCUT2D eigenvalue weighted by atomic mass is 32.2. The van der Waals surface area contributed by atoms with Gasteiger partial charge in [-0.3, -0.25) is 9.59 Å². The molecule has 0 saturated heterocycles. The maximum absolute atomic E-state index is 12.9. The number of alkyl halides is 3. The molecule has 2 N–H and O–H groups in total. The lowest BCUT2D eigenvalue weighted by Crippen LogP contribution is -2.33. The highest BCUT2D eigenvalue weighted by Gasteiger charge is 2.30. The number of nitrogens with zero attached hydrogens (tertiary/aromatic N) is 3. The second-order valence-corrected chi connectivity index (χ2v) is 9.00. The third-order valence-corrected chi connectivity index (χ3v) is 6.10. The van der Waals surface area contributed by atoms with Gasteiger partial charge in [0, 0.05) is 17.8 Å². The molecule has 0 aliphatic heterocycles. The largest absolute Gasteiger partial charge is 0.416 e. The standard InChI is InChI=1S/C24H26F3N5O2S/c1-4-32-21(20(15(2)3)29-22(34)16-9-6-5-7-10-16)30-31-23(32)35-14-19(33)28-18-12-8-11-17(13-18)24(25,26)27/h5-13,15,20H,4,14H2,1-3H3,(H,28,33)(H,29,34)/t20-/m0/s1. The molecule has 35 heavy (non-hydrogen) atoms. The minimum Gasteiger partial charge on any atom is -0.342 e. The molecular weight excluding hydrogens is 479 g/mol. The van der Waals surface area contributed by atoms with Gasteiger partial charge in [-0.15, -0.1) is 10.2 Å². The molecule has 1 heterocycles. The van der Waals surface area contributed by atoms with Crippen molar-refractivity contribution in [2.45, 2.75) is 44.7 Å². The van der Waals surface area contributed by atoms with Gasteiger partial charge in [0.25, 0.3) is 5.91 Å². The van der Waals surface area contributed by atoms with Crippen LogP contribution in [0.3, 0.4) is 0 Å². The number of hydrogen-bond acceptors (Lipinski definition) is 5. The molecule has 1 atom stereocenters. The number of benzene rings is 2. The Balaban J connectivity index is 1.69. The van der Waals surface area contributed by atoms with E-state index in [0.29, 0.717) is 23.1 Å². The van der Waals surface area contributed by atoms with Crippen molar-refractivity contribution in [1.29, 1.82) is 0 Å². The maximum atomic E-state index is 12.9. The molecule has 0 aliphatic rings. The molecule has 0 saturated carbocycles. The molecule has 7 nitrogen and oxygen atoms in total. The first-order valence-electron chi connectivity index (χ1n) is 11.0. The van der Waals surface area contributed by atoms with Crippen LogP contribution in [0, 0.1) is 5.92 Å². The van der Waals surface area contributed by atoms with Crippen LogP contribution in [-0.2, 0) is 17.5 Å². The van der Waals surface area contributed by atoms with E-state index >= 15 is 0 Å². The van der Waals surface area contributed by atoms with Gasteiger partial charge in [-0.2, -0.15) is 13.2 Å². The molecule has 11 heteroatoms. The van der Waals surface area contributed by atoms with Crippen molar-refractivity contribution in [2.75, 3.05) is 11.1 Å². The highest BCUT2D eigenvalue weighted by molar-refractivity contribution is 7.99. The first kappa shape index (κ1) is 26.3. The Hall–Kier alpha value is -3.34. The number of carbonyl (C=O) groups excluding carboxylic acids is 2. The van der Waals surface area contributed by atoms with Crippen molar-refractivity contribution in [3.63, 3.8) is 0 Å². The minimum absolute atomic E-state index is 0.0132. The molecule has 0 unspecified atom stereocenters. The maximum Gasteiger partial charge on any atom is 0.416 e. The Labute approximate surface area is 205 Å². The van der Waals surface area contributed by atoms with Crippen molar-refractivity contribution < 1.29 is 22.8 Å². The summed E-state index contributed by atoms with van der Waals surface area (Å²) >= 11 is 1.12. The van der Waals surface area contributed by atoms with E-state index in [1.807, 2.05) is 31.4 Å². The molecule has 2 amide bonds. The number of carbonyl (C=O) groups is 2. The van der Waals surface area contributed by atoms with Crippen molar-refractivity contribution in [3.8, 4) is 0 Å². The highest BCUT2D eigenvalue weighted by Crippen LogP contribution is 2.31. The van der Waals surface area contributed by atoms with Gasteiger partial charge in [-0.05, 0) is 43.2 Å². The molecule has 0 fully saturated rings. The fourth-order valence-corrected chi connectivity index (χ4v) is 4.19. The van der Waals surface area contributed by atoms with Gasteiger partial charge in [-0.1, -0.05) is 49.9 Å². The summed E-state index contributed by atoms with van der Waals surface area (Å²) in [6.45, 7) is 6.32. The fraction of sp³-hybridized carbons (Fsp3) is 0.333. The average Bonchev–Trinajstić information content (AvgIpc) is 3.23. The Kier molecular flexibility index (Phi) is 8.55. The van der Waals surface area contributed by atoms with Crippen molar-refractivity contribution in [1.82, 2.24) is 20.1 Å². The second kappa shape index (κ2) is 11.4. The van der Waals surface area contributed by atoms with Crippen molar-refractivity contribution in [3.05, 3.63) is 71.5 Å². The van der Waals surface area contributed by atoms with Gasteiger partial charge in [0.05, 0.1) is 17.4 Å². The van der Waals surface area contributed by atoms with Crippen LogP contribution >= 0.6 is 11.8 Å². The Bertz CT molecular complexity index is 1170. The van der Waals surface area contributed by atoms with Crippen molar-refractivity contribution >= 4 is 29.3 Å². The summed E-state index contributed by atoms with van der Waals surface area (Å²) in [6, 6.07) is 12.9. The van der Waals surface area contributed by atoms with E-state index in [1.165, 1.54) is 12.1 Å². The number of hydrogen-bond donors (Lipinski definition) is 2. The first-order valence-corrected chi connectivity index (χ1v) is 12.0. The van der Waals surface area contributed by atoms with Crippen LogP contribution in [0.2, 0.25) is 0 Å². The van der Waals surface area contributed by atoms with Gasteiger partial charge in [0.15, 0.2) is 11.0 Å². The van der Waals surface area contributed by atoms with E-state index in [0.717, 1.165) is 23.9 Å². The van der Waals surface area contributed by atoms with Gasteiger partial charge >= 0.3 is 6.18 Å². The zero-order valence-corrected chi connectivity index (χ0v) is 20.3. The van der Waals surface area contributed by atoms with E-state index in [2.05, 4.69) is 20.8 Å². The van der Waals surface area contributed by atoms with Crippen LogP contribution in [0.1, 0.15) is 48.6 Å². The van der Waals surface area contributed by atoms with E-state index in [4.69, 9.17) is 0 Å². The van der Waals surface area contributed by atoms with E-state index in [-0.39, 0.29) is 23.3 Å². The Morgan fingerprint density at radius 3 is 2.40 bits per heavy atom. The zero-order valence-electron chi connectivity index (χ0n) is 19.5. The summed E-state index contributed by atoms with van der Waals surface area (Å²) in [5.74, 6) is -0.201. The number of thioether (sulfide) groups is 1. The van der Waals surface area contributed by atoms with Gasteiger partial charge in [0.1, 0.15) is 0 Å². The molecule has 2 aromatic carbocycles. The van der Waals surface area contributed by atoms with Crippen LogP contribution in [0.4, 0.5) is 18.9 Å². The molecule has 0 radical (unpaired) electrons. The van der Waals surface area contributed by atoms with Crippen LogP contribution in [0.15, 0.2) is 59.8 Å². The van der Waals surface area contributed by atoms with Gasteiger partial charge < -0.3 is 15.2 Å². The van der Waals surface area contributed by atoms with Gasteiger partial charge in [0.2, 0.25) is 5.91 Å². The van der Waals surface area contributed by atoms with E-state index < -0.39 is 23.7 Å². The Morgan fingerprint density at radius 1 is 1.06 bits per heavy atom. The molecule has 0 aliphatic carbocycles. The number of anilines is 1. The lowest BCUT2D eigenvalue weighted by Gasteiger charge is -2.22. The monoisotopic (exact) mass is 505 g/mol. The zero-order chi connectivity index (χ0) is 25.6. The van der Waals surface area contributed by atoms with Crippen LogP contribution in [0.5, 0.6) is 0 Å². The molecule has 3 aromatic rings.